The van der Waals surface area contributed by atoms with Crippen molar-refractivity contribution in [3.8, 4) is 45.9 Å². The smallest absolute Gasteiger partial charge is 0.177 e. The Kier molecular flexibility index (Phi) is 12.0. The minimum atomic E-state index is -1.36. The number of nitrogens with zero attached hydrogens (tertiary/aromatic N) is 3. The summed E-state index contributed by atoms with van der Waals surface area (Å²) >= 11 is -1.36. The van der Waals surface area contributed by atoms with Gasteiger partial charge in [-0.1, -0.05) is 29.5 Å². The third-order valence-electron chi connectivity index (χ3n) is 9.91. The number of carbonyl (C=O) groups is 2. The van der Waals surface area contributed by atoms with Gasteiger partial charge in [0.05, 0.1) is 62.6 Å². The van der Waals surface area contributed by atoms with E-state index in [2.05, 4.69) is 10.3 Å². The normalized spacial score (nSPS) is 16.2. The Morgan fingerprint density at radius 2 is 1.21 bits per heavy atom. The molecule has 6 aromatic rings. The maximum atomic E-state index is 13.3. The Bertz CT molecular complexity index is 2520. The number of aromatic nitrogens is 3. The second-order valence-corrected chi connectivity index (χ2v) is 13.3. The molecule has 0 spiro atoms. The molecule has 1 N–H and O–H groups in total. The van der Waals surface area contributed by atoms with E-state index in [-0.39, 0.29) is 30.5 Å². The van der Waals surface area contributed by atoms with Crippen molar-refractivity contribution < 1.29 is 47.3 Å². The lowest BCUT2D eigenvalue weighted by Gasteiger charge is -2.27. The first kappa shape index (κ1) is 38.8. The number of benzene rings is 5. The van der Waals surface area contributed by atoms with Gasteiger partial charge in [-0.25, -0.2) is 4.68 Å². The fourth-order valence-electron chi connectivity index (χ4n) is 6.89. The van der Waals surface area contributed by atoms with Gasteiger partial charge in [-0.05, 0) is 85.6 Å². The van der Waals surface area contributed by atoms with E-state index < -0.39 is 23.4 Å². The Labute approximate surface area is 334 Å². The van der Waals surface area contributed by atoms with Gasteiger partial charge in [0, 0.05) is 29.0 Å². The van der Waals surface area contributed by atoms with Gasteiger partial charge in [0.25, 0.3) is 0 Å². The third kappa shape index (κ3) is 7.85. The molecule has 13 nitrogen and oxygen atoms in total. The van der Waals surface area contributed by atoms with Crippen LogP contribution in [0.15, 0.2) is 84.9 Å². The lowest BCUT2D eigenvalue weighted by Crippen LogP contribution is -2.27. The minimum absolute atomic E-state index is 0.0200. The fraction of sp³-hybridized carbons (Fsp3) is 0.256. The lowest BCUT2D eigenvalue weighted by atomic mass is 9.87. The SMILES string of the molecule is COc1ccc(C2COc3c(ccc(-n4nnc5ccccc54)c3C)C2=O)cc1OC.COc1ccc(C2COc3c(ccc(O)c3C)C2=O)cc1OC.[2H]S(C)=O. The number of phenolic OH excluding ortho intramolecular Hbond substituents is 1. The molecule has 3 atom stereocenters. The molecule has 0 amide bonds. The first-order valence-electron chi connectivity index (χ1n) is 18.2. The average molecular weight is 795 g/mol. The van der Waals surface area contributed by atoms with E-state index >= 15 is 0 Å². The van der Waals surface area contributed by atoms with Crippen molar-refractivity contribution >= 4 is 34.2 Å². The second kappa shape index (κ2) is 17.6. The maximum Gasteiger partial charge on any atom is 0.177 e. The van der Waals surface area contributed by atoms with Crippen LogP contribution in [0.2, 0.25) is 0 Å². The van der Waals surface area contributed by atoms with Crippen molar-refractivity contribution in [3.05, 3.63) is 118 Å². The van der Waals surface area contributed by atoms with E-state index in [1.54, 1.807) is 64.3 Å². The van der Waals surface area contributed by atoms with Gasteiger partial charge in [0.2, 0.25) is 0 Å². The summed E-state index contributed by atoms with van der Waals surface area (Å²) in [6, 6.07) is 25.5. The fourth-order valence-corrected chi connectivity index (χ4v) is 6.89. The highest BCUT2D eigenvalue weighted by Crippen LogP contribution is 2.41. The van der Waals surface area contributed by atoms with Crippen LogP contribution >= 0.6 is 0 Å². The first-order chi connectivity index (χ1) is 27.9. The van der Waals surface area contributed by atoms with Crippen molar-refractivity contribution in [3.63, 3.8) is 0 Å². The van der Waals surface area contributed by atoms with E-state index in [0.29, 0.717) is 51.2 Å². The highest BCUT2D eigenvalue weighted by Gasteiger charge is 2.34. The number of aromatic hydroxyl groups is 1. The topological polar surface area (TPSA) is 158 Å². The Morgan fingerprint density at radius 3 is 1.74 bits per heavy atom. The molecule has 0 saturated heterocycles. The number of ether oxygens (including phenoxy) is 6. The largest absolute Gasteiger partial charge is 0.508 e. The number of para-hydroxylation sites is 1. The molecule has 0 aliphatic carbocycles. The van der Waals surface area contributed by atoms with Crippen LogP contribution in [0.25, 0.3) is 16.7 Å². The summed E-state index contributed by atoms with van der Waals surface area (Å²) in [6.07, 6.45) is 1.31. The van der Waals surface area contributed by atoms with E-state index in [1.807, 2.05) is 61.5 Å². The summed E-state index contributed by atoms with van der Waals surface area (Å²) in [4.78, 5) is 26.1. The van der Waals surface area contributed by atoms with Crippen molar-refractivity contribution in [2.45, 2.75) is 25.7 Å². The van der Waals surface area contributed by atoms with Crippen LogP contribution in [0.3, 0.4) is 0 Å². The van der Waals surface area contributed by atoms with Crippen molar-refractivity contribution in [2.75, 3.05) is 47.9 Å². The third-order valence-corrected chi connectivity index (χ3v) is 9.91. The molecule has 5 aromatic carbocycles. The number of hydrogen-bond acceptors (Lipinski definition) is 12. The number of hydrogen-bond donors (Lipinski definition) is 2. The van der Waals surface area contributed by atoms with Gasteiger partial charge in [-0.2, -0.15) is 0 Å². The molecule has 1 aromatic heterocycles. The summed E-state index contributed by atoms with van der Waals surface area (Å²) in [7, 11) is 6.29. The van der Waals surface area contributed by atoms with Crippen LogP contribution in [0, 0.1) is 13.8 Å². The standard InChI is InChI=1S/C24H21N3O4.C18H18O5.CH4OS/c1-14-19(27-20-7-5-4-6-18(20)25-26-27)10-9-16-23(28)17(13-31-24(14)16)15-8-11-21(29-2)22(12-15)30-3;1-10-14(19)6-5-12-17(20)13(9-23-18(10)12)11-4-7-15(21-2)16(8-11)22-3;1-3-2/h4-12,17H,13H2,1-3H3;4-8,13,19H,9H2,1-3H3;3H,1H3/i;;3D. The molecule has 296 valence electrons. The van der Waals surface area contributed by atoms with Gasteiger partial charge >= 0.3 is 0 Å². The average Bonchev–Trinajstić information content (AvgIpc) is 3.66. The predicted octanol–water partition coefficient (Wildman–Crippen LogP) is 6.74. The number of Topliss-reactive ketones (excluding diaryl/α,β-unsaturated/α-hetero) is 2. The molecule has 8 rings (SSSR count). The highest BCUT2D eigenvalue weighted by atomic mass is 32.1. The number of phenols is 1. The zero-order valence-electron chi connectivity index (χ0n) is 33.5. The molecule has 0 fully saturated rings. The van der Waals surface area contributed by atoms with Crippen LogP contribution in [-0.2, 0) is 11.6 Å². The van der Waals surface area contributed by atoms with Crippen LogP contribution in [0.4, 0.5) is 0 Å². The number of fused-ring (bicyclic) bond motifs is 3. The minimum Gasteiger partial charge on any atom is -0.508 e. The van der Waals surface area contributed by atoms with E-state index in [9.17, 15) is 18.9 Å². The predicted molar refractivity (Wildman–Crippen MR) is 216 cm³/mol. The Balaban J connectivity index is 0.000000186. The summed E-state index contributed by atoms with van der Waals surface area (Å²) < 4.78 is 50.1. The molecule has 0 saturated carbocycles. The van der Waals surface area contributed by atoms with Crippen LogP contribution in [0.5, 0.6) is 40.2 Å². The van der Waals surface area contributed by atoms with Crippen LogP contribution < -0.4 is 28.4 Å². The number of rotatable bonds is 7. The summed E-state index contributed by atoms with van der Waals surface area (Å²) in [5, 5.41) is 18.3. The molecular weight excluding hydrogens is 751 g/mol. The monoisotopic (exact) mass is 794 g/mol. The summed E-state index contributed by atoms with van der Waals surface area (Å²) in [5.41, 5.74) is 6.68. The molecule has 2 aliphatic rings. The van der Waals surface area contributed by atoms with Crippen molar-refractivity contribution in [1.29, 1.82) is 1.12 Å². The second-order valence-electron chi connectivity index (χ2n) is 13.0. The van der Waals surface area contributed by atoms with Gasteiger partial charge in [0.15, 0.2) is 34.6 Å². The molecule has 14 heteroatoms. The van der Waals surface area contributed by atoms with E-state index in [0.717, 1.165) is 33.4 Å². The van der Waals surface area contributed by atoms with Crippen molar-refractivity contribution in [1.82, 2.24) is 15.0 Å². The zero-order chi connectivity index (χ0) is 41.7. The first-order valence-corrected chi connectivity index (χ1v) is 19.0. The van der Waals surface area contributed by atoms with Crippen LogP contribution in [-0.4, -0.2) is 84.9 Å². The maximum absolute atomic E-state index is 13.3. The van der Waals surface area contributed by atoms with Gasteiger partial charge < -0.3 is 33.5 Å². The van der Waals surface area contributed by atoms with Crippen molar-refractivity contribution in [2.24, 2.45) is 0 Å². The number of ketones is 2. The van der Waals surface area contributed by atoms with E-state index in [4.69, 9.17) is 29.5 Å². The van der Waals surface area contributed by atoms with Gasteiger partial charge in [-0.15, -0.1) is 5.10 Å². The molecule has 0 radical (unpaired) electrons. The number of carbonyl (C=O) groups excluding carboxylic acids is 2. The van der Waals surface area contributed by atoms with Gasteiger partial charge in [-0.3, -0.25) is 13.8 Å². The number of thiol groups is 1. The molecule has 2 aliphatic heterocycles. The zero-order valence-corrected chi connectivity index (χ0v) is 33.3. The summed E-state index contributed by atoms with van der Waals surface area (Å²) in [6.45, 7) is 4.15. The molecule has 57 heavy (non-hydrogen) atoms. The molecule has 3 heterocycles. The highest BCUT2D eigenvalue weighted by molar-refractivity contribution is 7.64. The lowest BCUT2D eigenvalue weighted by molar-refractivity contribution is 0.0886. The molecular formula is C43H43N3O10S. The van der Waals surface area contributed by atoms with E-state index in [1.165, 1.54) is 12.3 Å². The van der Waals surface area contributed by atoms with Gasteiger partial charge in [0.1, 0.15) is 37.1 Å². The number of methoxy groups -OCH3 is 4. The Hall–Kier alpha value is -6.41. The molecule has 0 bridgehead atoms. The molecule has 3 unspecified atom stereocenters. The quantitative estimate of drug-likeness (QED) is 0.164. The summed E-state index contributed by atoms with van der Waals surface area (Å²) in [5.74, 6) is 2.75. The Morgan fingerprint density at radius 1 is 0.719 bits per heavy atom. The van der Waals surface area contributed by atoms with Crippen LogP contribution in [0.1, 0.15) is 54.8 Å².